The van der Waals surface area contributed by atoms with Crippen LogP contribution >= 0.6 is 15.9 Å². The Morgan fingerprint density at radius 3 is 2.79 bits per heavy atom. The molecule has 1 aromatic rings. The predicted molar refractivity (Wildman–Crippen MR) is 68.8 cm³/mol. The van der Waals surface area contributed by atoms with Crippen molar-refractivity contribution in [3.8, 4) is 0 Å². The summed E-state index contributed by atoms with van der Waals surface area (Å²) >= 11 is 3.14. The standard InChI is InChI=1S/C12H12BrF3N2O/c1-11(8-4-7(13)2-3-9(8)14)12(15,16)6-19-5-10(17)18-11/h2-4H,5-6H2,1H3,(H2,17,18)/t11-/m1/s1. The number of amidine groups is 1. The average molecular weight is 337 g/mol. The van der Waals surface area contributed by atoms with Gasteiger partial charge in [0.2, 0.25) is 0 Å². The van der Waals surface area contributed by atoms with Crippen molar-refractivity contribution >= 4 is 21.8 Å². The van der Waals surface area contributed by atoms with Crippen LogP contribution in [0.1, 0.15) is 12.5 Å². The molecule has 0 saturated carbocycles. The molecule has 1 aromatic carbocycles. The molecule has 0 spiro atoms. The minimum atomic E-state index is -3.37. The van der Waals surface area contributed by atoms with Gasteiger partial charge in [0.05, 0.1) is 0 Å². The molecular formula is C12H12BrF3N2O. The summed E-state index contributed by atoms with van der Waals surface area (Å²) in [6.45, 7) is 0.0971. The molecule has 0 unspecified atom stereocenters. The third-order valence-electron chi connectivity index (χ3n) is 3.07. The van der Waals surface area contributed by atoms with E-state index in [1.165, 1.54) is 12.1 Å². The molecule has 7 heteroatoms. The molecule has 0 radical (unpaired) electrons. The third-order valence-corrected chi connectivity index (χ3v) is 3.56. The molecule has 3 nitrogen and oxygen atoms in total. The Kier molecular flexibility index (Phi) is 3.61. The Bertz CT molecular complexity index is 536. The van der Waals surface area contributed by atoms with E-state index in [0.29, 0.717) is 4.47 Å². The van der Waals surface area contributed by atoms with Crippen molar-refractivity contribution < 1.29 is 17.9 Å². The van der Waals surface area contributed by atoms with Crippen LogP contribution in [0.15, 0.2) is 27.7 Å². The van der Waals surface area contributed by atoms with Gasteiger partial charge in [0, 0.05) is 10.0 Å². The number of hydrogen-bond acceptors (Lipinski definition) is 3. The van der Waals surface area contributed by atoms with Gasteiger partial charge < -0.3 is 10.5 Å². The fourth-order valence-corrected chi connectivity index (χ4v) is 2.31. The Labute approximate surface area is 116 Å². The fraction of sp³-hybridized carbons (Fsp3) is 0.417. The number of ether oxygens (including phenoxy) is 1. The summed E-state index contributed by atoms with van der Waals surface area (Å²) < 4.78 is 47.6. The summed E-state index contributed by atoms with van der Waals surface area (Å²) in [6.07, 6.45) is 0. The zero-order chi connectivity index (χ0) is 14.3. The topological polar surface area (TPSA) is 47.6 Å². The Morgan fingerprint density at radius 2 is 2.11 bits per heavy atom. The van der Waals surface area contributed by atoms with Crippen LogP contribution in [0.5, 0.6) is 0 Å². The first kappa shape index (κ1) is 14.3. The summed E-state index contributed by atoms with van der Waals surface area (Å²) in [5.74, 6) is -4.21. The highest BCUT2D eigenvalue weighted by Crippen LogP contribution is 2.43. The van der Waals surface area contributed by atoms with Gasteiger partial charge in [-0.25, -0.2) is 13.2 Å². The van der Waals surface area contributed by atoms with Crippen LogP contribution in [-0.2, 0) is 10.3 Å². The Morgan fingerprint density at radius 1 is 1.42 bits per heavy atom. The van der Waals surface area contributed by atoms with Gasteiger partial charge in [-0.1, -0.05) is 15.9 Å². The van der Waals surface area contributed by atoms with E-state index in [0.717, 1.165) is 13.0 Å². The second kappa shape index (κ2) is 4.79. The van der Waals surface area contributed by atoms with Crippen molar-refractivity contribution in [1.82, 2.24) is 0 Å². The summed E-state index contributed by atoms with van der Waals surface area (Å²) in [6, 6.07) is 3.82. The second-order valence-electron chi connectivity index (χ2n) is 4.50. The van der Waals surface area contributed by atoms with Crippen LogP contribution in [0.3, 0.4) is 0 Å². The number of alkyl halides is 2. The lowest BCUT2D eigenvalue weighted by Gasteiger charge is -2.33. The van der Waals surface area contributed by atoms with Crippen LogP contribution in [0.2, 0.25) is 0 Å². The smallest absolute Gasteiger partial charge is 0.299 e. The van der Waals surface area contributed by atoms with Crippen LogP contribution in [-0.4, -0.2) is 25.0 Å². The highest BCUT2D eigenvalue weighted by molar-refractivity contribution is 9.10. The zero-order valence-corrected chi connectivity index (χ0v) is 11.7. The molecule has 1 aliphatic heterocycles. The lowest BCUT2D eigenvalue weighted by atomic mass is 9.86. The molecule has 1 aliphatic rings. The molecule has 0 fully saturated rings. The zero-order valence-electron chi connectivity index (χ0n) is 10.1. The minimum Gasteiger partial charge on any atom is -0.385 e. The van der Waals surface area contributed by atoms with Crippen molar-refractivity contribution in [3.63, 3.8) is 0 Å². The van der Waals surface area contributed by atoms with Gasteiger partial charge in [0.25, 0.3) is 5.92 Å². The van der Waals surface area contributed by atoms with Gasteiger partial charge in [-0.2, -0.15) is 0 Å². The molecular weight excluding hydrogens is 325 g/mol. The van der Waals surface area contributed by atoms with E-state index in [2.05, 4.69) is 20.9 Å². The van der Waals surface area contributed by atoms with Crippen molar-refractivity contribution in [2.45, 2.75) is 18.4 Å². The maximum Gasteiger partial charge on any atom is 0.299 e. The first-order chi connectivity index (χ1) is 8.76. The predicted octanol–water partition coefficient (Wildman–Crippen LogP) is 2.83. The maximum atomic E-state index is 14.2. The van der Waals surface area contributed by atoms with Crippen molar-refractivity contribution in [1.29, 1.82) is 0 Å². The first-order valence-corrected chi connectivity index (χ1v) is 6.31. The van der Waals surface area contributed by atoms with E-state index in [-0.39, 0.29) is 18.0 Å². The van der Waals surface area contributed by atoms with E-state index < -0.39 is 23.9 Å². The molecule has 1 atom stereocenters. The summed E-state index contributed by atoms with van der Waals surface area (Å²) in [5.41, 5.74) is 3.20. The summed E-state index contributed by atoms with van der Waals surface area (Å²) in [7, 11) is 0. The van der Waals surface area contributed by atoms with E-state index in [1.807, 2.05) is 0 Å². The molecule has 2 rings (SSSR count). The van der Waals surface area contributed by atoms with Gasteiger partial charge in [-0.3, -0.25) is 4.99 Å². The molecule has 0 bridgehead atoms. The normalized spacial score (nSPS) is 26.7. The monoisotopic (exact) mass is 336 g/mol. The van der Waals surface area contributed by atoms with E-state index >= 15 is 0 Å². The van der Waals surface area contributed by atoms with Crippen LogP contribution < -0.4 is 5.73 Å². The first-order valence-electron chi connectivity index (χ1n) is 5.51. The maximum absolute atomic E-state index is 14.2. The van der Waals surface area contributed by atoms with E-state index in [4.69, 9.17) is 10.5 Å². The number of hydrogen-bond donors (Lipinski definition) is 1. The quantitative estimate of drug-likeness (QED) is 0.857. The highest BCUT2D eigenvalue weighted by Gasteiger charge is 2.54. The molecule has 0 aromatic heterocycles. The molecule has 0 saturated heterocycles. The van der Waals surface area contributed by atoms with E-state index in [1.54, 1.807) is 0 Å². The highest BCUT2D eigenvalue weighted by atomic mass is 79.9. The lowest BCUT2D eigenvalue weighted by Crippen LogP contribution is -2.45. The molecule has 19 heavy (non-hydrogen) atoms. The van der Waals surface area contributed by atoms with Crippen molar-refractivity contribution in [2.75, 3.05) is 13.2 Å². The van der Waals surface area contributed by atoms with Crippen molar-refractivity contribution in [3.05, 3.63) is 34.1 Å². The Balaban J connectivity index is 2.65. The van der Waals surface area contributed by atoms with Crippen molar-refractivity contribution in [2.24, 2.45) is 10.7 Å². The van der Waals surface area contributed by atoms with Gasteiger partial charge in [-0.05, 0) is 25.1 Å². The SMILES string of the molecule is C[C@]1(c2cc(Br)ccc2F)N=C(N)COCC1(F)F. The Hall–Kier alpha value is -1.08. The van der Waals surface area contributed by atoms with Gasteiger partial charge in [0.15, 0.2) is 5.54 Å². The minimum absolute atomic E-state index is 0.0842. The largest absolute Gasteiger partial charge is 0.385 e. The number of benzene rings is 1. The fourth-order valence-electron chi connectivity index (χ4n) is 1.95. The molecule has 2 N–H and O–H groups in total. The number of nitrogens with two attached hydrogens (primary N) is 1. The van der Waals surface area contributed by atoms with Gasteiger partial charge in [0.1, 0.15) is 24.9 Å². The van der Waals surface area contributed by atoms with Gasteiger partial charge in [-0.15, -0.1) is 0 Å². The third kappa shape index (κ3) is 2.49. The molecule has 104 valence electrons. The second-order valence-corrected chi connectivity index (χ2v) is 5.41. The molecule has 0 amide bonds. The summed E-state index contributed by atoms with van der Waals surface area (Å²) in [4.78, 5) is 3.79. The average Bonchev–Trinajstić information content (AvgIpc) is 2.40. The van der Waals surface area contributed by atoms with Gasteiger partial charge >= 0.3 is 0 Å². The summed E-state index contributed by atoms with van der Waals surface area (Å²) in [5, 5.41) is 0. The molecule has 0 aliphatic carbocycles. The van der Waals surface area contributed by atoms with Crippen LogP contribution in [0.25, 0.3) is 0 Å². The number of aliphatic imine (C=N–C) groups is 1. The van der Waals surface area contributed by atoms with Crippen LogP contribution in [0, 0.1) is 5.82 Å². The number of rotatable bonds is 1. The van der Waals surface area contributed by atoms with E-state index in [9.17, 15) is 13.2 Å². The number of halogens is 4. The van der Waals surface area contributed by atoms with Crippen LogP contribution in [0.4, 0.5) is 13.2 Å². The lowest BCUT2D eigenvalue weighted by molar-refractivity contribution is -0.116. The number of nitrogens with zero attached hydrogens (tertiary/aromatic N) is 1. The molecule has 1 heterocycles.